The van der Waals surface area contributed by atoms with E-state index in [1.165, 1.54) is 10.9 Å². The molecule has 0 saturated carbocycles. The molecule has 0 atom stereocenters. The van der Waals surface area contributed by atoms with Gasteiger partial charge in [-0.1, -0.05) is 30.3 Å². The van der Waals surface area contributed by atoms with Gasteiger partial charge in [0.05, 0.1) is 30.4 Å². The van der Waals surface area contributed by atoms with Crippen molar-refractivity contribution in [2.24, 2.45) is 0 Å². The largest absolute Gasteiger partial charge is 0.378 e. The molecule has 3 aromatic rings. The number of anilines is 1. The van der Waals surface area contributed by atoms with Gasteiger partial charge in [0.25, 0.3) is 5.56 Å². The lowest BCUT2D eigenvalue weighted by Gasteiger charge is -2.31. The molecule has 7 nitrogen and oxygen atoms in total. The quantitative estimate of drug-likeness (QED) is 0.628. The number of hydrogen-bond acceptors (Lipinski definition) is 5. The topological polar surface area (TPSA) is 67.7 Å². The van der Waals surface area contributed by atoms with Crippen LogP contribution in [0.3, 0.4) is 0 Å². The maximum absolute atomic E-state index is 12.7. The molecule has 1 fully saturated rings. The lowest BCUT2D eigenvalue weighted by Crippen LogP contribution is -2.37. The summed E-state index contributed by atoms with van der Waals surface area (Å²) in [5, 5.41) is 0.570. The monoisotopic (exact) mass is 406 g/mol. The molecule has 0 radical (unpaired) electrons. The Morgan fingerprint density at radius 1 is 1.10 bits per heavy atom. The number of ether oxygens (including phenoxy) is 1. The summed E-state index contributed by atoms with van der Waals surface area (Å²) in [4.78, 5) is 33.7. The summed E-state index contributed by atoms with van der Waals surface area (Å²) in [6, 6.07) is 15.4. The van der Waals surface area contributed by atoms with E-state index in [9.17, 15) is 9.59 Å². The van der Waals surface area contributed by atoms with Crippen molar-refractivity contribution >= 4 is 22.5 Å². The molecule has 1 aliphatic heterocycles. The van der Waals surface area contributed by atoms with Crippen molar-refractivity contribution in [3.8, 4) is 0 Å². The first-order chi connectivity index (χ1) is 14.6. The standard InChI is InChI=1S/C23H26N4O3/c1-25(16-18-6-2-5-9-21(18)26-12-14-30-15-13-26)22(28)10-11-27-17-24-20-8-4-3-7-19(20)23(27)29/h2-9,17H,10-16H2,1H3. The number of carbonyl (C=O) groups is 1. The Kier molecular flexibility index (Phi) is 6.09. The van der Waals surface area contributed by atoms with Gasteiger partial charge in [0.15, 0.2) is 0 Å². The molecular formula is C23H26N4O3. The zero-order valence-corrected chi connectivity index (χ0v) is 17.2. The average Bonchev–Trinajstić information content (AvgIpc) is 2.79. The number of nitrogens with zero attached hydrogens (tertiary/aromatic N) is 4. The number of aromatic nitrogens is 2. The number of aryl methyl sites for hydroxylation is 1. The highest BCUT2D eigenvalue weighted by atomic mass is 16.5. The van der Waals surface area contributed by atoms with Crippen molar-refractivity contribution in [2.75, 3.05) is 38.3 Å². The zero-order valence-electron chi connectivity index (χ0n) is 17.2. The van der Waals surface area contributed by atoms with E-state index < -0.39 is 0 Å². The predicted octanol–water partition coefficient (Wildman–Crippen LogP) is 2.28. The van der Waals surface area contributed by atoms with Gasteiger partial charge in [0, 0.05) is 45.3 Å². The smallest absolute Gasteiger partial charge is 0.261 e. The first-order valence-corrected chi connectivity index (χ1v) is 10.2. The summed E-state index contributed by atoms with van der Waals surface area (Å²) in [7, 11) is 1.81. The fourth-order valence-electron chi connectivity index (χ4n) is 3.77. The number of hydrogen-bond donors (Lipinski definition) is 0. The second-order valence-corrected chi connectivity index (χ2v) is 7.49. The van der Waals surface area contributed by atoms with Gasteiger partial charge < -0.3 is 14.5 Å². The van der Waals surface area contributed by atoms with E-state index in [0.29, 0.717) is 24.0 Å². The first kappa shape index (κ1) is 20.1. The Hall–Kier alpha value is -3.19. The summed E-state index contributed by atoms with van der Waals surface area (Å²) in [6.45, 7) is 3.98. The van der Waals surface area contributed by atoms with E-state index in [-0.39, 0.29) is 17.9 Å². The van der Waals surface area contributed by atoms with Gasteiger partial charge in [-0.2, -0.15) is 0 Å². The summed E-state index contributed by atoms with van der Waals surface area (Å²) in [5.74, 6) is -0.00756. The summed E-state index contributed by atoms with van der Waals surface area (Å²) in [5.41, 5.74) is 2.81. The third-order valence-electron chi connectivity index (χ3n) is 5.47. The van der Waals surface area contributed by atoms with Crippen molar-refractivity contribution in [3.05, 3.63) is 70.8 Å². The Bertz CT molecular complexity index is 1090. The van der Waals surface area contributed by atoms with E-state index in [2.05, 4.69) is 22.0 Å². The van der Waals surface area contributed by atoms with Crippen LogP contribution in [0.25, 0.3) is 10.9 Å². The highest BCUT2D eigenvalue weighted by Crippen LogP contribution is 2.23. The fourth-order valence-corrected chi connectivity index (χ4v) is 3.77. The molecule has 0 N–H and O–H groups in total. The van der Waals surface area contributed by atoms with Crippen molar-refractivity contribution in [3.63, 3.8) is 0 Å². The Morgan fingerprint density at radius 3 is 2.67 bits per heavy atom. The van der Waals surface area contributed by atoms with Crippen LogP contribution >= 0.6 is 0 Å². The van der Waals surface area contributed by atoms with Gasteiger partial charge >= 0.3 is 0 Å². The molecule has 4 rings (SSSR count). The average molecular weight is 406 g/mol. The Balaban J connectivity index is 1.41. The van der Waals surface area contributed by atoms with E-state index >= 15 is 0 Å². The normalized spacial score (nSPS) is 14.1. The third-order valence-corrected chi connectivity index (χ3v) is 5.47. The molecule has 30 heavy (non-hydrogen) atoms. The second kappa shape index (κ2) is 9.09. The number of carbonyl (C=O) groups excluding carboxylic acids is 1. The Morgan fingerprint density at radius 2 is 1.83 bits per heavy atom. The van der Waals surface area contributed by atoms with Crippen LogP contribution in [0.2, 0.25) is 0 Å². The number of rotatable bonds is 6. The van der Waals surface area contributed by atoms with Crippen LogP contribution in [0.15, 0.2) is 59.7 Å². The van der Waals surface area contributed by atoms with Gasteiger partial charge in [-0.05, 0) is 23.8 Å². The summed E-state index contributed by atoms with van der Waals surface area (Å²) in [6.07, 6.45) is 1.77. The van der Waals surface area contributed by atoms with Crippen molar-refractivity contribution < 1.29 is 9.53 Å². The summed E-state index contributed by atoms with van der Waals surface area (Å²) >= 11 is 0. The second-order valence-electron chi connectivity index (χ2n) is 7.49. The van der Waals surface area contributed by atoms with Gasteiger partial charge in [0.1, 0.15) is 0 Å². The fraction of sp³-hybridized carbons (Fsp3) is 0.348. The van der Waals surface area contributed by atoms with Crippen molar-refractivity contribution in [2.45, 2.75) is 19.5 Å². The van der Waals surface area contributed by atoms with Crippen LogP contribution in [0.4, 0.5) is 5.69 Å². The molecule has 2 heterocycles. The van der Waals surface area contributed by atoms with Crippen molar-refractivity contribution in [1.82, 2.24) is 14.5 Å². The molecule has 0 aliphatic carbocycles. The van der Waals surface area contributed by atoms with Crippen molar-refractivity contribution in [1.29, 1.82) is 0 Å². The molecule has 1 amide bonds. The van der Waals surface area contributed by atoms with Crippen LogP contribution in [-0.4, -0.2) is 53.7 Å². The predicted molar refractivity (Wildman–Crippen MR) is 117 cm³/mol. The van der Waals surface area contributed by atoms with Gasteiger partial charge in [-0.25, -0.2) is 4.98 Å². The molecule has 2 aromatic carbocycles. The zero-order chi connectivity index (χ0) is 20.9. The lowest BCUT2D eigenvalue weighted by molar-refractivity contribution is -0.130. The minimum atomic E-state index is -0.117. The number of morpholine rings is 1. The minimum Gasteiger partial charge on any atom is -0.378 e. The van der Waals surface area contributed by atoms with E-state index in [1.54, 1.807) is 18.0 Å². The Labute approximate surface area is 175 Å². The maximum Gasteiger partial charge on any atom is 0.261 e. The number of fused-ring (bicyclic) bond motifs is 1. The van der Waals surface area contributed by atoms with Crippen LogP contribution in [0, 0.1) is 0 Å². The molecule has 1 aromatic heterocycles. The molecule has 0 unspecified atom stereocenters. The SMILES string of the molecule is CN(Cc1ccccc1N1CCOCC1)C(=O)CCn1cnc2ccccc2c1=O. The van der Waals surface area contributed by atoms with Crippen LogP contribution in [0.5, 0.6) is 0 Å². The lowest BCUT2D eigenvalue weighted by atomic mass is 10.1. The summed E-state index contributed by atoms with van der Waals surface area (Å²) < 4.78 is 6.96. The molecule has 1 aliphatic rings. The minimum absolute atomic E-state index is 0.00756. The maximum atomic E-state index is 12.7. The highest BCUT2D eigenvalue weighted by Gasteiger charge is 2.17. The van der Waals surface area contributed by atoms with E-state index in [4.69, 9.17) is 4.74 Å². The molecule has 156 valence electrons. The van der Waals surface area contributed by atoms with Gasteiger partial charge in [-0.15, -0.1) is 0 Å². The van der Waals surface area contributed by atoms with Crippen LogP contribution in [-0.2, 0) is 22.6 Å². The number of amides is 1. The van der Waals surface area contributed by atoms with E-state index in [1.807, 2.05) is 30.3 Å². The molecule has 7 heteroatoms. The molecule has 0 bridgehead atoms. The molecule has 0 spiro atoms. The van der Waals surface area contributed by atoms with Crippen LogP contribution < -0.4 is 10.5 Å². The van der Waals surface area contributed by atoms with Crippen LogP contribution in [0.1, 0.15) is 12.0 Å². The van der Waals surface area contributed by atoms with Gasteiger partial charge in [-0.3, -0.25) is 14.2 Å². The molecular weight excluding hydrogens is 380 g/mol. The van der Waals surface area contributed by atoms with Gasteiger partial charge in [0.2, 0.25) is 5.91 Å². The first-order valence-electron chi connectivity index (χ1n) is 10.2. The number of benzene rings is 2. The highest BCUT2D eigenvalue weighted by molar-refractivity contribution is 5.77. The molecule has 1 saturated heterocycles. The van der Waals surface area contributed by atoms with E-state index in [0.717, 1.165) is 37.6 Å². The third kappa shape index (κ3) is 4.36. The number of para-hydroxylation sites is 2.